The first kappa shape index (κ1) is 12.0. The number of hydrogen-bond acceptors (Lipinski definition) is 6. The topological polar surface area (TPSA) is 77.0 Å². The van der Waals surface area contributed by atoms with Crippen molar-refractivity contribution in [2.24, 2.45) is 0 Å². The molecule has 2 heterocycles. The highest BCUT2D eigenvalue weighted by atomic mass is 16.5. The third kappa shape index (κ3) is 3.00. The maximum Gasteiger partial charge on any atom is 0.356 e. The van der Waals surface area contributed by atoms with Gasteiger partial charge in [-0.2, -0.15) is 0 Å². The van der Waals surface area contributed by atoms with E-state index in [1.807, 2.05) is 6.07 Å². The van der Waals surface area contributed by atoms with Gasteiger partial charge in [0.2, 0.25) is 0 Å². The van der Waals surface area contributed by atoms with Gasteiger partial charge in [-0.15, -0.1) is 0 Å². The summed E-state index contributed by atoms with van der Waals surface area (Å²) >= 11 is 0. The number of hydrogen-bond donors (Lipinski definition) is 1. The molecule has 2 aromatic heterocycles. The van der Waals surface area contributed by atoms with E-state index >= 15 is 0 Å². The van der Waals surface area contributed by atoms with E-state index in [1.54, 1.807) is 24.5 Å². The maximum atomic E-state index is 11.3. The Kier molecular flexibility index (Phi) is 3.80. The quantitative estimate of drug-likeness (QED) is 0.816. The molecule has 0 amide bonds. The van der Waals surface area contributed by atoms with E-state index in [9.17, 15) is 4.79 Å². The predicted molar refractivity (Wildman–Crippen MR) is 64.9 cm³/mol. The van der Waals surface area contributed by atoms with Gasteiger partial charge in [-0.25, -0.2) is 19.7 Å². The van der Waals surface area contributed by atoms with Gasteiger partial charge in [0, 0.05) is 18.1 Å². The molecule has 92 valence electrons. The number of esters is 1. The number of carbonyl (C=O) groups excluding carboxylic acids is 1. The van der Waals surface area contributed by atoms with E-state index in [4.69, 9.17) is 0 Å². The molecule has 0 fully saturated rings. The standard InChI is InChI=1S/C12H12N4O2/c1-18-12(17)11-6-9(3-5-14-11)15-7-10-2-4-13-8-16-10/h2-6,8H,7H2,1H3,(H,14,15). The minimum Gasteiger partial charge on any atom is -0.464 e. The van der Waals surface area contributed by atoms with Gasteiger partial charge in [0.1, 0.15) is 12.0 Å². The van der Waals surface area contributed by atoms with Crippen LogP contribution in [0.1, 0.15) is 16.2 Å². The Balaban J connectivity index is 2.04. The Morgan fingerprint density at radius 1 is 1.33 bits per heavy atom. The number of rotatable bonds is 4. The first-order valence-electron chi connectivity index (χ1n) is 5.32. The van der Waals surface area contributed by atoms with Crippen LogP contribution in [-0.2, 0) is 11.3 Å². The fourth-order valence-electron chi connectivity index (χ4n) is 1.37. The summed E-state index contributed by atoms with van der Waals surface area (Å²) < 4.78 is 4.60. The molecule has 0 bridgehead atoms. The van der Waals surface area contributed by atoms with Gasteiger partial charge < -0.3 is 10.1 Å². The number of nitrogens with one attached hydrogen (secondary N) is 1. The van der Waals surface area contributed by atoms with Crippen molar-refractivity contribution in [3.63, 3.8) is 0 Å². The molecule has 6 nitrogen and oxygen atoms in total. The number of methoxy groups -OCH3 is 1. The van der Waals surface area contributed by atoms with Crippen LogP contribution in [0.4, 0.5) is 5.69 Å². The van der Waals surface area contributed by atoms with Crippen molar-refractivity contribution in [1.82, 2.24) is 15.0 Å². The molecule has 0 aromatic carbocycles. The zero-order valence-electron chi connectivity index (χ0n) is 9.83. The van der Waals surface area contributed by atoms with Crippen molar-refractivity contribution in [3.8, 4) is 0 Å². The van der Waals surface area contributed by atoms with E-state index in [2.05, 4.69) is 25.0 Å². The third-order valence-electron chi connectivity index (χ3n) is 2.27. The molecule has 0 saturated heterocycles. The maximum absolute atomic E-state index is 11.3. The van der Waals surface area contributed by atoms with Crippen LogP contribution in [0.25, 0.3) is 0 Å². The molecule has 2 aromatic rings. The Bertz CT molecular complexity index is 531. The van der Waals surface area contributed by atoms with Gasteiger partial charge in [0.25, 0.3) is 0 Å². The molecule has 0 spiro atoms. The van der Waals surface area contributed by atoms with Gasteiger partial charge in [-0.05, 0) is 18.2 Å². The summed E-state index contributed by atoms with van der Waals surface area (Å²) in [6.07, 6.45) is 4.72. The normalized spacial score (nSPS) is 9.83. The summed E-state index contributed by atoms with van der Waals surface area (Å²) in [4.78, 5) is 23.2. The second-order valence-electron chi connectivity index (χ2n) is 3.48. The van der Waals surface area contributed by atoms with Crippen molar-refractivity contribution in [2.45, 2.75) is 6.54 Å². The Labute approximate surface area is 104 Å². The van der Waals surface area contributed by atoms with E-state index in [-0.39, 0.29) is 5.69 Å². The van der Waals surface area contributed by atoms with Gasteiger partial charge in [0.05, 0.1) is 19.3 Å². The molecule has 0 unspecified atom stereocenters. The van der Waals surface area contributed by atoms with Crippen LogP contribution in [0.3, 0.4) is 0 Å². The summed E-state index contributed by atoms with van der Waals surface area (Å²) in [7, 11) is 1.32. The zero-order chi connectivity index (χ0) is 12.8. The minimum atomic E-state index is -0.458. The molecule has 0 atom stereocenters. The Morgan fingerprint density at radius 3 is 2.94 bits per heavy atom. The molecule has 1 N–H and O–H groups in total. The molecule has 0 aliphatic rings. The van der Waals surface area contributed by atoms with Gasteiger partial charge >= 0.3 is 5.97 Å². The number of anilines is 1. The molecule has 2 rings (SSSR count). The van der Waals surface area contributed by atoms with Gasteiger partial charge in [-0.3, -0.25) is 0 Å². The molecular formula is C12H12N4O2. The van der Waals surface area contributed by atoms with Crippen molar-refractivity contribution >= 4 is 11.7 Å². The van der Waals surface area contributed by atoms with Crippen molar-refractivity contribution in [2.75, 3.05) is 12.4 Å². The van der Waals surface area contributed by atoms with Crippen LogP contribution in [0.15, 0.2) is 36.9 Å². The zero-order valence-corrected chi connectivity index (χ0v) is 9.83. The number of pyridine rings is 1. The van der Waals surface area contributed by atoms with Gasteiger partial charge in [0.15, 0.2) is 0 Å². The molecule has 0 aliphatic carbocycles. The highest BCUT2D eigenvalue weighted by Crippen LogP contribution is 2.09. The van der Waals surface area contributed by atoms with Crippen LogP contribution in [0.2, 0.25) is 0 Å². The second kappa shape index (κ2) is 5.72. The van der Waals surface area contributed by atoms with Crippen LogP contribution >= 0.6 is 0 Å². The highest BCUT2D eigenvalue weighted by molar-refractivity contribution is 5.88. The lowest BCUT2D eigenvalue weighted by atomic mass is 10.3. The van der Waals surface area contributed by atoms with Crippen molar-refractivity contribution < 1.29 is 9.53 Å². The summed E-state index contributed by atoms with van der Waals surface area (Å²) in [6, 6.07) is 5.22. The van der Waals surface area contributed by atoms with Crippen molar-refractivity contribution in [3.05, 3.63) is 48.3 Å². The van der Waals surface area contributed by atoms with Crippen LogP contribution < -0.4 is 5.32 Å². The number of carbonyl (C=O) groups is 1. The van der Waals surface area contributed by atoms with Crippen LogP contribution in [0, 0.1) is 0 Å². The fraction of sp³-hybridized carbons (Fsp3) is 0.167. The van der Waals surface area contributed by atoms with E-state index in [1.165, 1.54) is 13.4 Å². The second-order valence-corrected chi connectivity index (χ2v) is 3.48. The third-order valence-corrected chi connectivity index (χ3v) is 2.27. The number of aromatic nitrogens is 3. The SMILES string of the molecule is COC(=O)c1cc(NCc2ccncn2)ccn1. The average Bonchev–Trinajstić information content (AvgIpc) is 2.45. The number of nitrogens with zero attached hydrogens (tertiary/aromatic N) is 3. The lowest BCUT2D eigenvalue weighted by Crippen LogP contribution is -2.06. The highest BCUT2D eigenvalue weighted by Gasteiger charge is 2.07. The first-order valence-corrected chi connectivity index (χ1v) is 5.32. The van der Waals surface area contributed by atoms with Crippen LogP contribution in [-0.4, -0.2) is 28.0 Å². The summed E-state index contributed by atoms with van der Waals surface area (Å²) in [6.45, 7) is 0.549. The van der Waals surface area contributed by atoms with Crippen molar-refractivity contribution in [1.29, 1.82) is 0 Å². The average molecular weight is 244 g/mol. The van der Waals surface area contributed by atoms with E-state index in [0.717, 1.165) is 11.4 Å². The lowest BCUT2D eigenvalue weighted by molar-refractivity contribution is 0.0594. The first-order chi connectivity index (χ1) is 8.79. The Morgan fingerprint density at radius 2 is 2.22 bits per heavy atom. The largest absolute Gasteiger partial charge is 0.464 e. The summed E-state index contributed by atoms with van der Waals surface area (Å²) in [5.74, 6) is -0.458. The summed E-state index contributed by atoms with van der Waals surface area (Å²) in [5, 5.41) is 3.14. The minimum absolute atomic E-state index is 0.269. The molecule has 0 saturated carbocycles. The molecule has 0 aliphatic heterocycles. The fourth-order valence-corrected chi connectivity index (χ4v) is 1.37. The summed E-state index contributed by atoms with van der Waals surface area (Å²) in [5.41, 5.74) is 1.91. The smallest absolute Gasteiger partial charge is 0.356 e. The molecular weight excluding hydrogens is 232 g/mol. The predicted octanol–water partition coefficient (Wildman–Crippen LogP) is 1.27. The van der Waals surface area contributed by atoms with E-state index < -0.39 is 5.97 Å². The van der Waals surface area contributed by atoms with Crippen LogP contribution in [0.5, 0.6) is 0 Å². The molecule has 0 radical (unpaired) electrons. The van der Waals surface area contributed by atoms with E-state index in [0.29, 0.717) is 6.54 Å². The molecule has 18 heavy (non-hydrogen) atoms. The lowest BCUT2D eigenvalue weighted by Gasteiger charge is -2.06. The van der Waals surface area contributed by atoms with Gasteiger partial charge in [-0.1, -0.05) is 0 Å². The number of ether oxygens (including phenoxy) is 1. The monoisotopic (exact) mass is 244 g/mol. The molecule has 6 heteroatoms. The Hall–Kier alpha value is -2.50.